The van der Waals surface area contributed by atoms with Gasteiger partial charge in [0.2, 0.25) is 16.2 Å². The maximum absolute atomic E-state index is 13.3. The van der Waals surface area contributed by atoms with E-state index in [1.807, 2.05) is 0 Å². The molecule has 0 fully saturated rings. The maximum atomic E-state index is 13.3. The largest absolute Gasteiger partial charge is 0.374 e. The molecule has 7 heteroatoms. The molecule has 2 aromatic rings. The molecule has 1 aromatic heterocycles. The van der Waals surface area contributed by atoms with Gasteiger partial charge >= 0.3 is 0 Å². The molecule has 0 atom stereocenters. The molecule has 1 heterocycles. The molecule has 2 rings (SSSR count). The minimum Gasteiger partial charge on any atom is -0.374 e. The Morgan fingerprint density at radius 1 is 1.41 bits per heavy atom. The van der Waals surface area contributed by atoms with Crippen LogP contribution in [0.5, 0.6) is 0 Å². The number of nitrogens with one attached hydrogen (secondary N) is 1. The molecule has 1 aromatic carbocycles. The van der Waals surface area contributed by atoms with E-state index in [4.69, 9.17) is 5.73 Å². The number of nitrogens with two attached hydrogens (primary N) is 1. The number of amides is 1. The Balaban J connectivity index is 2.01. The first-order valence-electron chi connectivity index (χ1n) is 4.77. The summed E-state index contributed by atoms with van der Waals surface area (Å²) in [6, 6.07) is 6.12. The van der Waals surface area contributed by atoms with Crippen molar-refractivity contribution < 1.29 is 9.18 Å². The summed E-state index contributed by atoms with van der Waals surface area (Å²) in [6.45, 7) is 0. The average Bonchev–Trinajstić information content (AvgIpc) is 2.67. The number of aromatic nitrogens is 2. The molecule has 0 bridgehead atoms. The molecule has 88 valence electrons. The lowest BCUT2D eigenvalue weighted by Gasteiger charge is -2.02. The Kier molecular flexibility index (Phi) is 3.29. The van der Waals surface area contributed by atoms with Gasteiger partial charge in [0, 0.05) is 0 Å². The second-order valence-corrected chi connectivity index (χ2v) is 4.27. The van der Waals surface area contributed by atoms with Crippen molar-refractivity contribution in [2.24, 2.45) is 0 Å². The molecular weight excluding hydrogens is 243 g/mol. The fourth-order valence-corrected chi connectivity index (χ4v) is 1.79. The lowest BCUT2D eigenvalue weighted by molar-refractivity contribution is -0.115. The third-order valence-electron chi connectivity index (χ3n) is 2.00. The number of benzene rings is 1. The van der Waals surface area contributed by atoms with Crippen LogP contribution in [0.4, 0.5) is 14.7 Å². The van der Waals surface area contributed by atoms with Crippen LogP contribution < -0.4 is 11.1 Å². The van der Waals surface area contributed by atoms with E-state index in [0.29, 0.717) is 10.7 Å². The van der Waals surface area contributed by atoms with Gasteiger partial charge in [0.05, 0.1) is 6.42 Å². The Hall–Kier alpha value is -2.02. The van der Waals surface area contributed by atoms with E-state index in [9.17, 15) is 9.18 Å². The van der Waals surface area contributed by atoms with Crippen molar-refractivity contribution in [3.8, 4) is 0 Å². The van der Waals surface area contributed by atoms with E-state index in [-0.39, 0.29) is 17.5 Å². The van der Waals surface area contributed by atoms with Gasteiger partial charge in [-0.05, 0) is 11.6 Å². The summed E-state index contributed by atoms with van der Waals surface area (Å²) in [6.07, 6.45) is -0.0494. The molecule has 1 amide bonds. The third kappa shape index (κ3) is 2.97. The number of nitrogens with zero attached hydrogens (tertiary/aromatic N) is 2. The smallest absolute Gasteiger partial charge is 0.230 e. The number of hydrogen-bond acceptors (Lipinski definition) is 5. The zero-order chi connectivity index (χ0) is 12.3. The number of hydrogen-bond donors (Lipinski definition) is 2. The van der Waals surface area contributed by atoms with Crippen LogP contribution in [0.3, 0.4) is 0 Å². The van der Waals surface area contributed by atoms with Gasteiger partial charge in [-0.3, -0.25) is 4.79 Å². The van der Waals surface area contributed by atoms with Crippen LogP contribution in [0.15, 0.2) is 24.3 Å². The molecule has 5 nitrogen and oxygen atoms in total. The number of carbonyl (C=O) groups is 1. The molecule has 0 unspecified atom stereocenters. The normalized spacial score (nSPS) is 10.2. The van der Waals surface area contributed by atoms with Crippen LogP contribution in [0, 0.1) is 5.82 Å². The molecule has 0 aliphatic carbocycles. The van der Waals surface area contributed by atoms with Crippen molar-refractivity contribution in [2.45, 2.75) is 6.42 Å². The first-order valence-corrected chi connectivity index (χ1v) is 5.59. The molecule has 3 N–H and O–H groups in total. The standard InChI is InChI=1S/C10H9FN4OS/c11-7-4-2-1-3-6(7)5-8(16)13-10-15-14-9(12)17-10/h1-4H,5H2,(H2,12,14)(H,13,15,16). The Morgan fingerprint density at radius 2 is 2.18 bits per heavy atom. The second-order valence-electron chi connectivity index (χ2n) is 3.26. The predicted molar refractivity (Wildman–Crippen MR) is 63.1 cm³/mol. The van der Waals surface area contributed by atoms with Gasteiger partial charge in [-0.1, -0.05) is 29.5 Å². The number of rotatable bonds is 3. The van der Waals surface area contributed by atoms with Crippen LogP contribution in [0.1, 0.15) is 5.56 Å². The van der Waals surface area contributed by atoms with Crippen LogP contribution in [0.2, 0.25) is 0 Å². The van der Waals surface area contributed by atoms with E-state index < -0.39 is 5.82 Å². The summed E-state index contributed by atoms with van der Waals surface area (Å²) in [4.78, 5) is 11.6. The number of anilines is 2. The summed E-state index contributed by atoms with van der Waals surface area (Å²) in [7, 11) is 0. The van der Waals surface area contributed by atoms with Crippen LogP contribution in [0.25, 0.3) is 0 Å². The van der Waals surface area contributed by atoms with E-state index in [2.05, 4.69) is 15.5 Å². The highest BCUT2D eigenvalue weighted by Gasteiger charge is 2.10. The summed E-state index contributed by atoms with van der Waals surface area (Å²) < 4.78 is 13.3. The topological polar surface area (TPSA) is 80.9 Å². The van der Waals surface area contributed by atoms with Crippen molar-refractivity contribution in [3.63, 3.8) is 0 Å². The molecule has 17 heavy (non-hydrogen) atoms. The van der Waals surface area contributed by atoms with Crippen LogP contribution in [-0.2, 0) is 11.2 Å². The fourth-order valence-electron chi connectivity index (χ4n) is 1.26. The number of nitrogen functional groups attached to an aromatic ring is 1. The average molecular weight is 252 g/mol. The van der Waals surface area contributed by atoms with Crippen molar-refractivity contribution in [3.05, 3.63) is 35.6 Å². The van der Waals surface area contributed by atoms with Crippen LogP contribution >= 0.6 is 11.3 Å². The van der Waals surface area contributed by atoms with E-state index in [0.717, 1.165) is 11.3 Å². The van der Waals surface area contributed by atoms with Crippen molar-refractivity contribution in [1.82, 2.24) is 10.2 Å². The molecular formula is C10H9FN4OS. The van der Waals surface area contributed by atoms with E-state index >= 15 is 0 Å². The zero-order valence-electron chi connectivity index (χ0n) is 8.68. The van der Waals surface area contributed by atoms with Gasteiger partial charge in [0.1, 0.15) is 5.82 Å². The lowest BCUT2D eigenvalue weighted by Crippen LogP contribution is -2.15. The lowest BCUT2D eigenvalue weighted by atomic mass is 10.1. The van der Waals surface area contributed by atoms with Crippen molar-refractivity contribution in [1.29, 1.82) is 0 Å². The van der Waals surface area contributed by atoms with Gasteiger partial charge in [0.15, 0.2) is 0 Å². The second kappa shape index (κ2) is 4.88. The SMILES string of the molecule is Nc1nnc(NC(=O)Cc2ccccc2F)s1. The first-order chi connectivity index (χ1) is 8.15. The fraction of sp³-hybridized carbons (Fsp3) is 0.100. The van der Waals surface area contributed by atoms with Gasteiger partial charge in [-0.25, -0.2) is 4.39 Å². The minimum atomic E-state index is -0.403. The van der Waals surface area contributed by atoms with Crippen molar-refractivity contribution in [2.75, 3.05) is 11.1 Å². The van der Waals surface area contributed by atoms with Gasteiger partial charge < -0.3 is 11.1 Å². The third-order valence-corrected chi connectivity index (χ3v) is 2.66. The van der Waals surface area contributed by atoms with E-state index in [1.165, 1.54) is 6.07 Å². The Labute approximate surface area is 100 Å². The number of halogens is 1. The van der Waals surface area contributed by atoms with E-state index in [1.54, 1.807) is 18.2 Å². The van der Waals surface area contributed by atoms with Gasteiger partial charge in [-0.2, -0.15) is 0 Å². The Bertz CT molecular complexity index is 543. The summed E-state index contributed by atoms with van der Waals surface area (Å²) in [5.41, 5.74) is 5.70. The van der Waals surface area contributed by atoms with Crippen molar-refractivity contribution >= 4 is 27.5 Å². The summed E-state index contributed by atoms with van der Waals surface area (Å²) >= 11 is 1.06. The highest BCUT2D eigenvalue weighted by Crippen LogP contribution is 2.16. The quantitative estimate of drug-likeness (QED) is 0.866. The predicted octanol–water partition coefficient (Wildman–Crippen LogP) is 1.44. The first kappa shape index (κ1) is 11.5. The molecule has 0 aliphatic heterocycles. The maximum Gasteiger partial charge on any atom is 0.230 e. The number of carbonyl (C=O) groups excluding carboxylic acids is 1. The Morgan fingerprint density at radius 3 is 2.82 bits per heavy atom. The summed E-state index contributed by atoms with van der Waals surface area (Å²) in [5.74, 6) is -0.759. The van der Waals surface area contributed by atoms with Crippen LogP contribution in [-0.4, -0.2) is 16.1 Å². The molecule has 0 spiro atoms. The summed E-state index contributed by atoms with van der Waals surface area (Å²) in [5, 5.41) is 10.3. The zero-order valence-corrected chi connectivity index (χ0v) is 9.50. The molecule has 0 saturated carbocycles. The molecule has 0 radical (unpaired) electrons. The highest BCUT2D eigenvalue weighted by atomic mass is 32.1. The molecule has 0 saturated heterocycles. The molecule has 0 aliphatic rings. The monoisotopic (exact) mass is 252 g/mol. The van der Waals surface area contributed by atoms with Gasteiger partial charge in [-0.15, -0.1) is 10.2 Å². The minimum absolute atomic E-state index is 0.0494. The van der Waals surface area contributed by atoms with Gasteiger partial charge in [0.25, 0.3) is 0 Å². The highest BCUT2D eigenvalue weighted by molar-refractivity contribution is 7.18.